The number of hydrogen-bond acceptors (Lipinski definition) is 6. The van der Waals surface area contributed by atoms with Crippen LogP contribution in [0.25, 0.3) is 0 Å². The Hall–Kier alpha value is -1.09. The van der Waals surface area contributed by atoms with Crippen molar-refractivity contribution < 1.29 is 14.9 Å². The van der Waals surface area contributed by atoms with Crippen molar-refractivity contribution in [3.8, 4) is 0 Å². The molecule has 1 aromatic heterocycles. The Balaban J connectivity index is 2.39. The molecule has 18 heavy (non-hydrogen) atoms. The average molecular weight is 274 g/mol. The molecule has 1 saturated heterocycles. The van der Waals surface area contributed by atoms with Gasteiger partial charge in [0.15, 0.2) is 0 Å². The van der Waals surface area contributed by atoms with Crippen molar-refractivity contribution >= 4 is 11.8 Å². The number of hydrogen-bond donors (Lipinski definition) is 3. The maximum atomic E-state index is 11.7. The van der Waals surface area contributed by atoms with Crippen LogP contribution in [0.3, 0.4) is 0 Å². The van der Waals surface area contributed by atoms with E-state index in [1.165, 1.54) is 22.5 Å². The topological polar surface area (TPSA) is 105 Å². The van der Waals surface area contributed by atoms with Crippen LogP contribution in [0, 0.1) is 6.92 Å². The van der Waals surface area contributed by atoms with E-state index in [1.807, 2.05) is 0 Å². The fourth-order valence-electron chi connectivity index (χ4n) is 1.78. The summed E-state index contributed by atoms with van der Waals surface area (Å²) in [7, 11) is 0. The van der Waals surface area contributed by atoms with Crippen molar-refractivity contribution in [3.63, 3.8) is 0 Å². The summed E-state index contributed by atoms with van der Waals surface area (Å²) in [4.78, 5) is 25.2. The number of aryl methyl sites for hydroxylation is 1. The van der Waals surface area contributed by atoms with Gasteiger partial charge in [0.05, 0.1) is 13.2 Å². The van der Waals surface area contributed by atoms with Crippen LogP contribution >= 0.6 is 11.8 Å². The van der Waals surface area contributed by atoms with E-state index in [-0.39, 0.29) is 13.2 Å². The highest BCUT2D eigenvalue weighted by Crippen LogP contribution is 2.39. The first kappa shape index (κ1) is 13.3. The number of aromatic nitrogens is 2. The number of ether oxygens (including phenoxy) is 1. The number of aliphatic hydroxyl groups excluding tert-OH is 2. The minimum absolute atomic E-state index is 0.200. The van der Waals surface area contributed by atoms with Crippen LogP contribution in [0.15, 0.2) is 15.8 Å². The second-order valence-corrected chi connectivity index (χ2v) is 5.26. The highest BCUT2D eigenvalue weighted by molar-refractivity contribution is 8.00. The van der Waals surface area contributed by atoms with Crippen molar-refractivity contribution in [2.24, 2.45) is 0 Å². The summed E-state index contributed by atoms with van der Waals surface area (Å²) >= 11 is 1.23. The van der Waals surface area contributed by atoms with Gasteiger partial charge in [-0.3, -0.25) is 14.3 Å². The molecule has 0 aromatic carbocycles. The monoisotopic (exact) mass is 274 g/mol. The van der Waals surface area contributed by atoms with Crippen molar-refractivity contribution in [1.82, 2.24) is 9.55 Å². The minimum Gasteiger partial charge on any atom is -0.394 e. The average Bonchev–Trinajstić information content (AvgIpc) is 2.77. The molecule has 0 radical (unpaired) electrons. The van der Waals surface area contributed by atoms with Gasteiger partial charge in [0.25, 0.3) is 5.56 Å². The molecule has 0 spiro atoms. The highest BCUT2D eigenvalue weighted by atomic mass is 32.2. The Bertz CT molecular complexity index is 540. The van der Waals surface area contributed by atoms with Crippen LogP contribution in [0.2, 0.25) is 0 Å². The van der Waals surface area contributed by atoms with E-state index >= 15 is 0 Å². The van der Waals surface area contributed by atoms with Crippen molar-refractivity contribution in [1.29, 1.82) is 0 Å². The molecule has 0 amide bonds. The van der Waals surface area contributed by atoms with E-state index in [0.29, 0.717) is 5.56 Å². The van der Waals surface area contributed by atoms with E-state index < -0.39 is 28.2 Å². The molecule has 2 heterocycles. The van der Waals surface area contributed by atoms with Gasteiger partial charge in [0.1, 0.15) is 16.9 Å². The highest BCUT2D eigenvalue weighted by Gasteiger charge is 2.37. The largest absolute Gasteiger partial charge is 0.394 e. The number of nitrogens with zero attached hydrogens (tertiary/aromatic N) is 1. The number of nitrogens with one attached hydrogen (secondary N) is 1. The Morgan fingerprint density at radius 3 is 2.78 bits per heavy atom. The summed E-state index contributed by atoms with van der Waals surface area (Å²) in [6.07, 6.45) is 0.847. The molecule has 1 aliphatic heterocycles. The van der Waals surface area contributed by atoms with E-state index in [4.69, 9.17) is 9.84 Å². The maximum Gasteiger partial charge on any atom is 0.329 e. The first-order valence-electron chi connectivity index (χ1n) is 5.41. The summed E-state index contributed by atoms with van der Waals surface area (Å²) in [5, 5.41) is 17.8. The van der Waals surface area contributed by atoms with E-state index in [0.717, 1.165) is 0 Å². The zero-order valence-corrected chi connectivity index (χ0v) is 10.5. The standard InChI is InChI=1S/C10H14N2O5S/c1-5-2-12(10(16)11-8(5)15)9-6(3-13)17-7(4-14)18-9/h2,6-7,9,13-14H,3-4H2,1H3,(H,11,15,16)/t6-,7-,9-/m0/s1. The molecule has 8 heteroatoms. The molecular weight excluding hydrogens is 260 g/mol. The quantitative estimate of drug-likeness (QED) is 0.638. The zero-order valence-electron chi connectivity index (χ0n) is 9.70. The molecule has 1 fully saturated rings. The molecule has 7 nitrogen and oxygen atoms in total. The van der Waals surface area contributed by atoms with Crippen LogP contribution in [0.4, 0.5) is 0 Å². The van der Waals surface area contributed by atoms with E-state index in [1.54, 1.807) is 6.92 Å². The van der Waals surface area contributed by atoms with Gasteiger partial charge in [-0.1, -0.05) is 11.8 Å². The third-order valence-electron chi connectivity index (χ3n) is 2.68. The third-order valence-corrected chi connectivity index (χ3v) is 4.06. The van der Waals surface area contributed by atoms with Gasteiger partial charge in [-0.25, -0.2) is 4.79 Å². The molecular formula is C10H14N2O5S. The fraction of sp³-hybridized carbons (Fsp3) is 0.600. The summed E-state index contributed by atoms with van der Waals surface area (Å²) in [5.41, 5.74) is -1.06. The van der Waals surface area contributed by atoms with Gasteiger partial charge in [-0.05, 0) is 6.92 Å². The zero-order chi connectivity index (χ0) is 13.3. The van der Waals surface area contributed by atoms with Crippen molar-refractivity contribution in [2.45, 2.75) is 23.8 Å². The Morgan fingerprint density at radius 2 is 2.17 bits per heavy atom. The van der Waals surface area contributed by atoms with Crippen LogP contribution < -0.4 is 11.2 Å². The smallest absolute Gasteiger partial charge is 0.329 e. The number of thioether (sulfide) groups is 1. The third kappa shape index (κ3) is 2.37. The first-order chi connectivity index (χ1) is 8.56. The normalized spacial score (nSPS) is 27.6. The fourth-order valence-corrected chi connectivity index (χ4v) is 2.99. The second-order valence-electron chi connectivity index (χ2n) is 3.97. The lowest BCUT2D eigenvalue weighted by molar-refractivity contribution is -0.0126. The van der Waals surface area contributed by atoms with Crippen LogP contribution in [-0.4, -0.2) is 44.5 Å². The maximum absolute atomic E-state index is 11.7. The van der Waals surface area contributed by atoms with E-state index in [9.17, 15) is 14.7 Å². The molecule has 1 aromatic rings. The molecule has 2 rings (SSSR count). The van der Waals surface area contributed by atoms with Gasteiger partial charge in [0, 0.05) is 11.8 Å². The summed E-state index contributed by atoms with van der Waals surface area (Å²) < 4.78 is 6.68. The number of aromatic amines is 1. The molecule has 100 valence electrons. The molecule has 1 aliphatic rings. The number of H-pyrrole nitrogens is 1. The molecule has 0 bridgehead atoms. The molecule has 0 saturated carbocycles. The molecule has 0 unspecified atom stereocenters. The van der Waals surface area contributed by atoms with Gasteiger partial charge in [0.2, 0.25) is 0 Å². The lowest BCUT2D eigenvalue weighted by Crippen LogP contribution is -2.36. The number of aliphatic hydroxyl groups is 2. The van der Waals surface area contributed by atoms with Crippen molar-refractivity contribution in [3.05, 3.63) is 32.6 Å². The Morgan fingerprint density at radius 1 is 1.44 bits per heavy atom. The van der Waals surface area contributed by atoms with Gasteiger partial charge in [-0.15, -0.1) is 0 Å². The summed E-state index contributed by atoms with van der Waals surface area (Å²) in [6.45, 7) is 1.13. The lowest BCUT2D eigenvalue weighted by Gasteiger charge is -2.17. The second kappa shape index (κ2) is 5.27. The van der Waals surface area contributed by atoms with Gasteiger partial charge in [-0.2, -0.15) is 0 Å². The van der Waals surface area contributed by atoms with Gasteiger partial charge >= 0.3 is 5.69 Å². The number of rotatable bonds is 3. The first-order valence-corrected chi connectivity index (χ1v) is 6.35. The molecule has 3 N–H and O–H groups in total. The Kier molecular flexibility index (Phi) is 3.91. The minimum atomic E-state index is -0.588. The lowest BCUT2D eigenvalue weighted by atomic mass is 10.3. The van der Waals surface area contributed by atoms with Crippen LogP contribution in [0.1, 0.15) is 10.9 Å². The molecule has 0 aliphatic carbocycles. The van der Waals surface area contributed by atoms with Gasteiger partial charge < -0.3 is 14.9 Å². The predicted octanol–water partition coefficient (Wildman–Crippen LogP) is -1.21. The SMILES string of the molecule is Cc1cn([C@H]2S[C@@H](CO)O[C@H]2CO)c(=O)[nH]c1=O. The predicted molar refractivity (Wildman–Crippen MR) is 65.5 cm³/mol. The Labute approximate surface area is 106 Å². The van der Waals surface area contributed by atoms with Crippen molar-refractivity contribution in [2.75, 3.05) is 13.2 Å². The van der Waals surface area contributed by atoms with Crippen LogP contribution in [-0.2, 0) is 4.74 Å². The van der Waals surface area contributed by atoms with Crippen LogP contribution in [0.5, 0.6) is 0 Å². The molecule has 3 atom stereocenters. The van der Waals surface area contributed by atoms with E-state index in [2.05, 4.69) is 4.98 Å². The summed E-state index contributed by atoms with van der Waals surface area (Å²) in [5.74, 6) is 0. The summed E-state index contributed by atoms with van der Waals surface area (Å²) in [6, 6.07) is 0.